The summed E-state index contributed by atoms with van der Waals surface area (Å²) in [6.45, 7) is 0.696. The molecule has 0 spiro atoms. The Kier molecular flexibility index (Phi) is 9.66. The molecule has 6 N–H and O–H groups in total. The highest BCUT2D eigenvalue weighted by molar-refractivity contribution is 5.66. The first-order chi connectivity index (χ1) is 8.92. The summed E-state index contributed by atoms with van der Waals surface area (Å²) in [4.78, 5) is 10.3. The molecule has 0 fully saturated rings. The van der Waals surface area contributed by atoms with Gasteiger partial charge in [-0.25, -0.2) is 0 Å². The molecule has 114 valence electrons. The molecule has 0 rings (SSSR count). The predicted octanol–water partition coefficient (Wildman–Crippen LogP) is -1.73. The lowest BCUT2D eigenvalue weighted by atomic mass is 10.2. The number of carboxylic acid groups (broad SMARTS) is 1. The summed E-state index contributed by atoms with van der Waals surface area (Å²) in [6.07, 6.45) is -2.62. The molecule has 0 bridgehead atoms. The van der Waals surface area contributed by atoms with Crippen molar-refractivity contribution in [2.45, 2.75) is 44.3 Å². The van der Waals surface area contributed by atoms with E-state index in [1.54, 1.807) is 0 Å². The fourth-order valence-corrected chi connectivity index (χ4v) is 1.25. The second kappa shape index (κ2) is 10.1. The summed E-state index contributed by atoms with van der Waals surface area (Å²) in [5.41, 5.74) is 5.58. The van der Waals surface area contributed by atoms with Gasteiger partial charge < -0.3 is 35.6 Å². The minimum absolute atomic E-state index is 0.0546. The molecule has 0 aromatic heterocycles. The van der Waals surface area contributed by atoms with Crippen LogP contribution in [-0.2, 0) is 14.3 Å². The van der Waals surface area contributed by atoms with Crippen LogP contribution in [-0.4, -0.2) is 70.8 Å². The Morgan fingerprint density at radius 2 is 1.95 bits per heavy atom. The van der Waals surface area contributed by atoms with Gasteiger partial charge >= 0.3 is 5.97 Å². The summed E-state index contributed by atoms with van der Waals surface area (Å²) < 4.78 is 10.5. The van der Waals surface area contributed by atoms with Gasteiger partial charge in [0, 0.05) is 6.42 Å². The Morgan fingerprint density at radius 3 is 2.37 bits per heavy atom. The van der Waals surface area contributed by atoms with Crippen LogP contribution in [0.3, 0.4) is 0 Å². The molecule has 0 saturated heterocycles. The lowest BCUT2D eigenvalue weighted by Gasteiger charge is -2.28. The third-order valence-electron chi connectivity index (χ3n) is 2.40. The number of aliphatic hydroxyl groups excluding tert-OH is 3. The minimum atomic E-state index is -1.02. The molecule has 0 aliphatic heterocycles. The number of rotatable bonds is 11. The number of carboxylic acids is 1. The van der Waals surface area contributed by atoms with Gasteiger partial charge in [0.1, 0.15) is 6.10 Å². The van der Waals surface area contributed by atoms with Crippen molar-refractivity contribution in [3.63, 3.8) is 0 Å². The van der Waals surface area contributed by atoms with Gasteiger partial charge in [-0.15, -0.1) is 0 Å². The molecular formula is C11H23NO7. The van der Waals surface area contributed by atoms with Gasteiger partial charge in [-0.3, -0.25) is 4.79 Å². The van der Waals surface area contributed by atoms with E-state index in [4.69, 9.17) is 30.5 Å². The highest BCUT2D eigenvalue weighted by atomic mass is 16.7. The topological polar surface area (TPSA) is 142 Å². The van der Waals surface area contributed by atoms with E-state index < -0.39 is 43.7 Å². The van der Waals surface area contributed by atoms with Gasteiger partial charge in [0.2, 0.25) is 0 Å². The van der Waals surface area contributed by atoms with Gasteiger partial charge in [-0.05, 0) is 13.3 Å². The average Bonchev–Trinajstić information content (AvgIpc) is 2.36. The van der Waals surface area contributed by atoms with Crippen LogP contribution < -0.4 is 5.73 Å². The highest BCUT2D eigenvalue weighted by Crippen LogP contribution is 2.08. The van der Waals surface area contributed by atoms with Crippen molar-refractivity contribution < 1.29 is 34.7 Å². The van der Waals surface area contributed by atoms with Gasteiger partial charge in [0.25, 0.3) is 0 Å². The highest BCUT2D eigenvalue weighted by Gasteiger charge is 2.25. The third kappa shape index (κ3) is 8.09. The van der Waals surface area contributed by atoms with Gasteiger partial charge in [-0.2, -0.15) is 0 Å². The van der Waals surface area contributed by atoms with E-state index in [0.29, 0.717) is 0 Å². The first-order valence-corrected chi connectivity index (χ1v) is 6.06. The summed E-state index contributed by atoms with van der Waals surface area (Å²) in [7, 11) is 0. The molecule has 0 aliphatic rings. The maximum Gasteiger partial charge on any atom is 0.303 e. The second-order valence-corrected chi connectivity index (χ2v) is 4.18. The van der Waals surface area contributed by atoms with E-state index in [9.17, 15) is 9.90 Å². The second-order valence-electron chi connectivity index (χ2n) is 4.18. The SMILES string of the molecule is C[C@@H](O)C(CO)O[C@@H](OCCCC(=O)O)[C@@H](N)CO. The van der Waals surface area contributed by atoms with Crippen molar-refractivity contribution in [2.24, 2.45) is 5.73 Å². The molecular weight excluding hydrogens is 258 g/mol. The van der Waals surface area contributed by atoms with Crippen LogP contribution in [0.1, 0.15) is 19.8 Å². The zero-order chi connectivity index (χ0) is 14.8. The van der Waals surface area contributed by atoms with Crippen molar-refractivity contribution in [3.8, 4) is 0 Å². The van der Waals surface area contributed by atoms with Crippen LogP contribution in [0.2, 0.25) is 0 Å². The first kappa shape index (κ1) is 18.2. The predicted molar refractivity (Wildman–Crippen MR) is 65.3 cm³/mol. The Hall–Kier alpha value is -0.770. The van der Waals surface area contributed by atoms with Crippen molar-refractivity contribution in [1.82, 2.24) is 0 Å². The summed E-state index contributed by atoms with van der Waals surface area (Å²) in [6, 6.07) is -0.849. The molecule has 0 heterocycles. The smallest absolute Gasteiger partial charge is 0.303 e. The molecule has 0 aromatic rings. The molecule has 8 heteroatoms. The Bertz CT molecular complexity index is 249. The molecule has 0 aliphatic carbocycles. The summed E-state index contributed by atoms with van der Waals surface area (Å²) in [5, 5.41) is 35.8. The van der Waals surface area contributed by atoms with E-state index in [1.807, 2.05) is 0 Å². The maximum atomic E-state index is 10.3. The number of nitrogens with two attached hydrogens (primary N) is 1. The lowest BCUT2D eigenvalue weighted by Crippen LogP contribution is -2.46. The monoisotopic (exact) mass is 281 g/mol. The standard InChI is InChI=1S/C11H23NO7/c1-7(15)9(6-14)19-11(8(12)5-13)18-4-2-3-10(16)17/h7-9,11,13-15H,2-6,12H2,1H3,(H,16,17)/t7-,8+,9?,11-/m1/s1. The fraction of sp³-hybridized carbons (Fsp3) is 0.909. The molecule has 0 saturated carbocycles. The van der Waals surface area contributed by atoms with Crippen LogP contribution in [0, 0.1) is 0 Å². The van der Waals surface area contributed by atoms with Crippen LogP contribution >= 0.6 is 0 Å². The average molecular weight is 281 g/mol. The van der Waals surface area contributed by atoms with Crippen molar-refractivity contribution >= 4 is 5.97 Å². The number of aliphatic carboxylic acids is 1. The molecule has 0 amide bonds. The van der Waals surface area contributed by atoms with E-state index >= 15 is 0 Å². The Balaban J connectivity index is 4.26. The Morgan fingerprint density at radius 1 is 1.32 bits per heavy atom. The zero-order valence-corrected chi connectivity index (χ0v) is 10.9. The van der Waals surface area contributed by atoms with Gasteiger partial charge in [0.15, 0.2) is 6.29 Å². The number of ether oxygens (including phenoxy) is 2. The Labute approximate surface area is 111 Å². The molecule has 8 nitrogen and oxygen atoms in total. The number of aliphatic hydroxyl groups is 3. The van der Waals surface area contributed by atoms with Gasteiger partial charge in [0.05, 0.1) is 32.0 Å². The fourth-order valence-electron chi connectivity index (χ4n) is 1.25. The lowest BCUT2D eigenvalue weighted by molar-refractivity contribution is -0.210. The van der Waals surface area contributed by atoms with Crippen LogP contribution in [0.15, 0.2) is 0 Å². The number of hydrogen-bond donors (Lipinski definition) is 5. The van der Waals surface area contributed by atoms with E-state index in [2.05, 4.69) is 0 Å². The quantitative estimate of drug-likeness (QED) is 0.222. The third-order valence-corrected chi connectivity index (χ3v) is 2.40. The van der Waals surface area contributed by atoms with Crippen LogP contribution in [0.25, 0.3) is 0 Å². The molecule has 19 heavy (non-hydrogen) atoms. The van der Waals surface area contributed by atoms with E-state index in [0.717, 1.165) is 0 Å². The number of hydrogen-bond acceptors (Lipinski definition) is 7. The summed E-state index contributed by atoms with van der Waals surface area (Å²) >= 11 is 0. The number of carbonyl (C=O) groups is 1. The largest absolute Gasteiger partial charge is 0.481 e. The molecule has 4 atom stereocenters. The van der Waals surface area contributed by atoms with Crippen LogP contribution in [0.5, 0.6) is 0 Å². The molecule has 1 unspecified atom stereocenters. The zero-order valence-electron chi connectivity index (χ0n) is 10.9. The van der Waals surface area contributed by atoms with E-state index in [1.165, 1.54) is 6.92 Å². The van der Waals surface area contributed by atoms with Crippen LogP contribution in [0.4, 0.5) is 0 Å². The first-order valence-electron chi connectivity index (χ1n) is 6.06. The minimum Gasteiger partial charge on any atom is -0.481 e. The van der Waals surface area contributed by atoms with Crippen molar-refractivity contribution in [1.29, 1.82) is 0 Å². The molecule has 0 radical (unpaired) electrons. The normalized spacial score (nSPS) is 17.7. The maximum absolute atomic E-state index is 10.3. The summed E-state index contributed by atoms with van der Waals surface area (Å²) in [5.74, 6) is -0.940. The molecule has 0 aromatic carbocycles. The van der Waals surface area contributed by atoms with Gasteiger partial charge in [-0.1, -0.05) is 0 Å². The van der Waals surface area contributed by atoms with E-state index in [-0.39, 0.29) is 19.4 Å². The van der Waals surface area contributed by atoms with Crippen molar-refractivity contribution in [3.05, 3.63) is 0 Å². The van der Waals surface area contributed by atoms with Crippen molar-refractivity contribution in [2.75, 3.05) is 19.8 Å².